The zero-order valence-corrected chi connectivity index (χ0v) is 14.2. The summed E-state index contributed by atoms with van der Waals surface area (Å²) in [7, 11) is 1.64. The standard InChI is InChI=1S/C18H23NO3.ClH/c1-14(20)11-19-12-16-8-9-17(18(10-16)21-2)22-13-15-6-4-3-5-7-15;/h3-10,14,19-20H,11-13H2,1-2H3;1H/p-1. The summed E-state index contributed by atoms with van der Waals surface area (Å²) in [4.78, 5) is 0. The van der Waals surface area contributed by atoms with Gasteiger partial charge >= 0.3 is 0 Å². The quantitative estimate of drug-likeness (QED) is 0.698. The van der Waals surface area contributed by atoms with Gasteiger partial charge < -0.3 is 32.3 Å². The Morgan fingerprint density at radius 2 is 1.78 bits per heavy atom. The van der Waals surface area contributed by atoms with Crippen molar-refractivity contribution in [2.24, 2.45) is 0 Å². The second-order valence-electron chi connectivity index (χ2n) is 5.24. The largest absolute Gasteiger partial charge is 1.00 e. The highest BCUT2D eigenvalue weighted by atomic mass is 35.5. The van der Waals surface area contributed by atoms with Crippen LogP contribution < -0.4 is 27.2 Å². The van der Waals surface area contributed by atoms with Crippen molar-refractivity contribution in [2.45, 2.75) is 26.2 Å². The van der Waals surface area contributed by atoms with E-state index in [0.29, 0.717) is 25.4 Å². The lowest BCUT2D eigenvalue weighted by Gasteiger charge is -2.13. The van der Waals surface area contributed by atoms with E-state index >= 15 is 0 Å². The maximum absolute atomic E-state index is 9.25. The van der Waals surface area contributed by atoms with Gasteiger partial charge in [-0.25, -0.2) is 0 Å². The fourth-order valence-electron chi connectivity index (χ4n) is 2.10. The molecule has 126 valence electrons. The highest BCUT2D eigenvalue weighted by Gasteiger charge is 2.06. The first-order valence-electron chi connectivity index (χ1n) is 7.41. The van der Waals surface area contributed by atoms with Crippen LogP contribution in [0.2, 0.25) is 0 Å². The first kappa shape index (κ1) is 19.3. The molecule has 0 aliphatic rings. The third-order valence-electron chi connectivity index (χ3n) is 3.23. The Morgan fingerprint density at radius 3 is 2.43 bits per heavy atom. The monoisotopic (exact) mass is 336 g/mol. The van der Waals surface area contributed by atoms with Crippen LogP contribution in [-0.2, 0) is 13.2 Å². The van der Waals surface area contributed by atoms with Gasteiger partial charge in [0.05, 0.1) is 13.2 Å². The number of hydrogen-bond acceptors (Lipinski definition) is 4. The van der Waals surface area contributed by atoms with Crippen LogP contribution in [0.25, 0.3) is 0 Å². The number of benzene rings is 2. The van der Waals surface area contributed by atoms with Crippen molar-refractivity contribution in [2.75, 3.05) is 13.7 Å². The predicted molar refractivity (Wildman–Crippen MR) is 87.2 cm³/mol. The van der Waals surface area contributed by atoms with E-state index in [0.717, 1.165) is 16.9 Å². The molecule has 0 fully saturated rings. The zero-order chi connectivity index (χ0) is 15.8. The summed E-state index contributed by atoms with van der Waals surface area (Å²) in [5.41, 5.74) is 2.21. The fraction of sp³-hybridized carbons (Fsp3) is 0.333. The number of hydrogen-bond donors (Lipinski definition) is 2. The summed E-state index contributed by atoms with van der Waals surface area (Å²) < 4.78 is 11.2. The molecule has 23 heavy (non-hydrogen) atoms. The van der Waals surface area contributed by atoms with Crippen LogP contribution in [0.5, 0.6) is 11.5 Å². The molecular weight excluding hydrogens is 314 g/mol. The Labute approximate surface area is 143 Å². The second-order valence-corrected chi connectivity index (χ2v) is 5.24. The normalized spacial score (nSPS) is 11.4. The third-order valence-corrected chi connectivity index (χ3v) is 3.23. The van der Waals surface area contributed by atoms with E-state index in [1.165, 1.54) is 0 Å². The molecule has 2 aromatic carbocycles. The molecule has 0 bridgehead atoms. The summed E-state index contributed by atoms with van der Waals surface area (Å²) in [6, 6.07) is 15.9. The molecule has 2 aromatic rings. The molecule has 0 saturated carbocycles. The topological polar surface area (TPSA) is 50.7 Å². The molecule has 5 heteroatoms. The molecule has 0 aromatic heterocycles. The number of nitrogens with one attached hydrogen (secondary N) is 1. The molecule has 1 atom stereocenters. The molecule has 0 spiro atoms. The van der Waals surface area contributed by atoms with Gasteiger partial charge in [0.2, 0.25) is 0 Å². The first-order chi connectivity index (χ1) is 10.7. The third kappa shape index (κ3) is 6.48. The van der Waals surface area contributed by atoms with Crippen molar-refractivity contribution in [3.8, 4) is 11.5 Å². The molecule has 4 nitrogen and oxygen atoms in total. The van der Waals surface area contributed by atoms with E-state index in [9.17, 15) is 5.11 Å². The number of methoxy groups -OCH3 is 1. The number of halogens is 1. The van der Waals surface area contributed by atoms with Crippen molar-refractivity contribution in [3.63, 3.8) is 0 Å². The van der Waals surface area contributed by atoms with Crippen molar-refractivity contribution in [3.05, 3.63) is 59.7 Å². The molecule has 2 rings (SSSR count). The van der Waals surface area contributed by atoms with Crippen LogP contribution in [0.15, 0.2) is 48.5 Å². The van der Waals surface area contributed by atoms with Gasteiger partial charge in [0.25, 0.3) is 0 Å². The van der Waals surface area contributed by atoms with Crippen LogP contribution in [0, 0.1) is 0 Å². The number of rotatable bonds is 8. The van der Waals surface area contributed by atoms with Gasteiger partial charge in [-0.3, -0.25) is 0 Å². The summed E-state index contributed by atoms with van der Waals surface area (Å²) in [5, 5.41) is 12.4. The van der Waals surface area contributed by atoms with Crippen molar-refractivity contribution >= 4 is 0 Å². The SMILES string of the molecule is COc1cc(CNCC(C)O)ccc1OCc1ccccc1.[Cl-]. The van der Waals surface area contributed by atoms with Gasteiger partial charge in [-0.2, -0.15) is 0 Å². The van der Waals surface area contributed by atoms with Gasteiger partial charge in [0.15, 0.2) is 11.5 Å². The molecule has 0 amide bonds. The highest BCUT2D eigenvalue weighted by Crippen LogP contribution is 2.28. The number of aliphatic hydroxyl groups is 1. The van der Waals surface area contributed by atoms with Gasteiger partial charge in [-0.1, -0.05) is 36.4 Å². The van der Waals surface area contributed by atoms with Gasteiger partial charge in [-0.05, 0) is 30.2 Å². The van der Waals surface area contributed by atoms with Gasteiger partial charge in [0.1, 0.15) is 6.61 Å². The summed E-state index contributed by atoms with van der Waals surface area (Å²) in [6.07, 6.45) is -0.352. The van der Waals surface area contributed by atoms with E-state index in [2.05, 4.69) is 5.32 Å². The van der Waals surface area contributed by atoms with Crippen LogP contribution >= 0.6 is 0 Å². The maximum atomic E-state index is 9.25. The summed E-state index contributed by atoms with van der Waals surface area (Å²) >= 11 is 0. The fourth-order valence-corrected chi connectivity index (χ4v) is 2.10. The number of aliphatic hydroxyl groups excluding tert-OH is 1. The average molecular weight is 337 g/mol. The minimum Gasteiger partial charge on any atom is -1.00 e. The first-order valence-corrected chi connectivity index (χ1v) is 7.41. The van der Waals surface area contributed by atoms with E-state index in [-0.39, 0.29) is 18.5 Å². The Hall–Kier alpha value is -1.75. The smallest absolute Gasteiger partial charge is 0.161 e. The molecule has 2 N–H and O–H groups in total. The maximum Gasteiger partial charge on any atom is 0.161 e. The van der Waals surface area contributed by atoms with E-state index in [1.54, 1.807) is 14.0 Å². The highest BCUT2D eigenvalue weighted by molar-refractivity contribution is 5.43. The van der Waals surface area contributed by atoms with Crippen molar-refractivity contribution in [1.82, 2.24) is 5.32 Å². The molecule has 0 radical (unpaired) electrons. The molecule has 0 aliphatic heterocycles. The second kappa shape index (κ2) is 10.1. The van der Waals surface area contributed by atoms with Crippen molar-refractivity contribution in [1.29, 1.82) is 0 Å². The van der Waals surface area contributed by atoms with Crippen LogP contribution in [0.3, 0.4) is 0 Å². The van der Waals surface area contributed by atoms with Crippen molar-refractivity contribution < 1.29 is 27.0 Å². The lowest BCUT2D eigenvalue weighted by atomic mass is 10.2. The summed E-state index contributed by atoms with van der Waals surface area (Å²) in [5.74, 6) is 1.44. The average Bonchev–Trinajstić information content (AvgIpc) is 2.54. The molecular formula is C18H23ClNO3-. The van der Waals surface area contributed by atoms with Crippen LogP contribution in [0.4, 0.5) is 0 Å². The Bertz CT molecular complexity index is 576. The lowest BCUT2D eigenvalue weighted by molar-refractivity contribution is -0.00000732. The minimum atomic E-state index is -0.352. The molecule has 0 saturated heterocycles. The van der Waals surface area contributed by atoms with Gasteiger partial charge in [0, 0.05) is 13.1 Å². The Balaban J connectivity index is 0.00000264. The van der Waals surface area contributed by atoms with Crippen LogP contribution in [0.1, 0.15) is 18.1 Å². The minimum absolute atomic E-state index is 0. The van der Waals surface area contributed by atoms with Gasteiger partial charge in [-0.15, -0.1) is 0 Å². The molecule has 0 heterocycles. The zero-order valence-electron chi connectivity index (χ0n) is 13.5. The predicted octanol–water partition coefficient (Wildman–Crippen LogP) is -0.251. The Morgan fingerprint density at radius 1 is 1.04 bits per heavy atom. The molecule has 0 aliphatic carbocycles. The Kier molecular flexibility index (Phi) is 8.48. The van der Waals surface area contributed by atoms with E-state index in [1.807, 2.05) is 48.5 Å². The van der Waals surface area contributed by atoms with E-state index < -0.39 is 0 Å². The lowest BCUT2D eigenvalue weighted by Crippen LogP contribution is -3.00. The summed E-state index contributed by atoms with van der Waals surface area (Å²) in [6.45, 7) is 3.51. The number of ether oxygens (including phenoxy) is 2. The van der Waals surface area contributed by atoms with E-state index in [4.69, 9.17) is 9.47 Å². The molecule has 1 unspecified atom stereocenters. The van der Waals surface area contributed by atoms with Crippen LogP contribution in [-0.4, -0.2) is 24.9 Å².